The Hall–Kier alpha value is -1.84. The molecule has 4 nitrogen and oxygen atoms in total. The van der Waals surface area contributed by atoms with E-state index < -0.39 is 11.9 Å². The second kappa shape index (κ2) is 13.3. The highest BCUT2D eigenvalue weighted by atomic mass is 16.4. The first-order valence-corrected chi connectivity index (χ1v) is 10.6. The summed E-state index contributed by atoms with van der Waals surface area (Å²) in [5.74, 6) is -2.29. The van der Waals surface area contributed by atoms with Crippen molar-refractivity contribution in [2.75, 3.05) is 0 Å². The molecule has 2 N–H and O–H groups in total. The second-order valence-electron chi connectivity index (χ2n) is 7.42. The van der Waals surface area contributed by atoms with E-state index in [1.165, 1.54) is 38.2 Å². The number of aryl methyl sites for hydroxylation is 1. The summed E-state index contributed by atoms with van der Waals surface area (Å²) in [6.45, 7) is 4.36. The maximum Gasteiger partial charge on any atom is 0.336 e. The lowest BCUT2D eigenvalue weighted by Gasteiger charge is -2.15. The van der Waals surface area contributed by atoms with Gasteiger partial charge in [0, 0.05) is 0 Å². The summed E-state index contributed by atoms with van der Waals surface area (Å²) in [6.07, 6.45) is 14.1. The van der Waals surface area contributed by atoms with Crippen molar-refractivity contribution >= 4 is 11.9 Å². The van der Waals surface area contributed by atoms with Crippen molar-refractivity contribution in [1.82, 2.24) is 0 Å². The smallest absolute Gasteiger partial charge is 0.336 e. The fourth-order valence-electron chi connectivity index (χ4n) is 3.63. The monoisotopic (exact) mass is 376 g/mol. The third-order valence-electron chi connectivity index (χ3n) is 5.18. The Bertz CT molecular complexity index is 592. The molecule has 0 spiro atoms. The highest BCUT2D eigenvalue weighted by Gasteiger charge is 2.22. The van der Waals surface area contributed by atoms with Gasteiger partial charge in [0.2, 0.25) is 0 Å². The molecule has 0 aliphatic rings. The minimum Gasteiger partial charge on any atom is -0.478 e. The van der Waals surface area contributed by atoms with Crippen LogP contribution >= 0.6 is 0 Å². The van der Waals surface area contributed by atoms with Gasteiger partial charge in [-0.05, 0) is 42.9 Å². The molecule has 4 heteroatoms. The van der Waals surface area contributed by atoms with Gasteiger partial charge in [-0.15, -0.1) is 0 Å². The molecule has 0 aromatic heterocycles. The average molecular weight is 377 g/mol. The van der Waals surface area contributed by atoms with Crippen LogP contribution in [0, 0.1) is 0 Å². The highest BCUT2D eigenvalue weighted by molar-refractivity contribution is 6.03. The van der Waals surface area contributed by atoms with Crippen molar-refractivity contribution in [2.45, 2.75) is 97.3 Å². The topological polar surface area (TPSA) is 74.6 Å². The predicted molar refractivity (Wildman–Crippen MR) is 110 cm³/mol. The zero-order valence-corrected chi connectivity index (χ0v) is 17.1. The molecule has 0 heterocycles. The lowest BCUT2D eigenvalue weighted by Crippen LogP contribution is -2.14. The molecule has 0 unspecified atom stereocenters. The first-order valence-electron chi connectivity index (χ1n) is 10.6. The summed E-state index contributed by atoms with van der Waals surface area (Å²) >= 11 is 0. The van der Waals surface area contributed by atoms with Gasteiger partial charge < -0.3 is 10.2 Å². The zero-order valence-electron chi connectivity index (χ0n) is 17.1. The normalized spacial score (nSPS) is 10.9. The number of hydrogen-bond donors (Lipinski definition) is 2. The predicted octanol–water partition coefficient (Wildman–Crippen LogP) is 6.50. The Kier molecular flexibility index (Phi) is 11.5. The number of carboxylic acid groups (broad SMARTS) is 2. The summed E-state index contributed by atoms with van der Waals surface area (Å²) in [6, 6.07) is 3.30. The Morgan fingerprint density at radius 2 is 1.22 bits per heavy atom. The number of hydrogen-bond acceptors (Lipinski definition) is 2. The van der Waals surface area contributed by atoms with Gasteiger partial charge in [-0.25, -0.2) is 9.59 Å². The number of unbranched alkanes of at least 4 members (excludes halogenated alkanes) is 9. The lowest BCUT2D eigenvalue weighted by atomic mass is 9.89. The van der Waals surface area contributed by atoms with Gasteiger partial charge in [0.15, 0.2) is 0 Å². The fourth-order valence-corrected chi connectivity index (χ4v) is 3.63. The minimum atomic E-state index is -1.16. The molecule has 1 aromatic carbocycles. The van der Waals surface area contributed by atoms with Gasteiger partial charge in [0.1, 0.15) is 0 Å². The van der Waals surface area contributed by atoms with Crippen LogP contribution in [0.25, 0.3) is 0 Å². The average Bonchev–Trinajstić information content (AvgIpc) is 2.64. The van der Waals surface area contributed by atoms with Crippen LogP contribution in [0.3, 0.4) is 0 Å². The van der Waals surface area contributed by atoms with Crippen LogP contribution in [-0.2, 0) is 12.8 Å². The Morgan fingerprint density at radius 3 is 1.78 bits per heavy atom. The minimum absolute atomic E-state index is 0.00137. The Morgan fingerprint density at radius 1 is 0.704 bits per heavy atom. The summed E-state index contributed by atoms with van der Waals surface area (Å²) in [4.78, 5) is 23.3. The number of carbonyl (C=O) groups is 2. The van der Waals surface area contributed by atoms with Gasteiger partial charge in [-0.3, -0.25) is 0 Å². The summed E-state index contributed by atoms with van der Waals surface area (Å²) in [5.41, 5.74) is 1.67. The summed E-state index contributed by atoms with van der Waals surface area (Å²) in [5, 5.41) is 19.1. The van der Waals surface area contributed by atoms with Crippen molar-refractivity contribution in [3.63, 3.8) is 0 Å². The number of carboxylic acids is 2. The summed E-state index contributed by atoms with van der Waals surface area (Å²) in [7, 11) is 0. The molecular formula is C23H36O4. The van der Waals surface area contributed by atoms with E-state index in [0.29, 0.717) is 6.42 Å². The Labute approximate surface area is 164 Å². The first-order chi connectivity index (χ1) is 13.0. The molecule has 0 radical (unpaired) electrons. The summed E-state index contributed by atoms with van der Waals surface area (Å²) < 4.78 is 0. The van der Waals surface area contributed by atoms with Gasteiger partial charge in [0.05, 0.1) is 11.1 Å². The maximum atomic E-state index is 11.8. The van der Waals surface area contributed by atoms with Crippen LogP contribution in [0.4, 0.5) is 0 Å². The second-order valence-corrected chi connectivity index (χ2v) is 7.42. The van der Waals surface area contributed by atoms with E-state index in [4.69, 9.17) is 0 Å². The molecule has 0 fully saturated rings. The van der Waals surface area contributed by atoms with E-state index in [2.05, 4.69) is 13.8 Å². The molecule has 27 heavy (non-hydrogen) atoms. The first kappa shape index (κ1) is 23.2. The molecule has 0 atom stereocenters. The van der Waals surface area contributed by atoms with Crippen LogP contribution in [0.15, 0.2) is 12.1 Å². The molecule has 0 saturated heterocycles. The molecule has 1 aromatic rings. The van der Waals surface area contributed by atoms with Crippen LogP contribution in [-0.4, -0.2) is 22.2 Å². The van der Waals surface area contributed by atoms with E-state index in [9.17, 15) is 19.8 Å². The van der Waals surface area contributed by atoms with Crippen LogP contribution in [0.1, 0.15) is 116 Å². The number of benzene rings is 1. The third kappa shape index (κ3) is 8.15. The van der Waals surface area contributed by atoms with Crippen molar-refractivity contribution in [3.8, 4) is 0 Å². The largest absolute Gasteiger partial charge is 0.478 e. The van der Waals surface area contributed by atoms with Crippen LogP contribution < -0.4 is 0 Å². The Balaban J connectivity index is 2.87. The third-order valence-corrected chi connectivity index (χ3v) is 5.18. The van der Waals surface area contributed by atoms with Crippen LogP contribution in [0.5, 0.6) is 0 Å². The molecule has 0 bridgehead atoms. The van der Waals surface area contributed by atoms with E-state index in [1.807, 2.05) is 6.07 Å². The van der Waals surface area contributed by atoms with E-state index in [-0.39, 0.29) is 11.1 Å². The number of rotatable bonds is 15. The van der Waals surface area contributed by atoms with E-state index in [1.54, 1.807) is 0 Å². The van der Waals surface area contributed by atoms with Crippen molar-refractivity contribution in [3.05, 3.63) is 34.4 Å². The van der Waals surface area contributed by atoms with Gasteiger partial charge in [-0.1, -0.05) is 77.7 Å². The molecular weight excluding hydrogens is 340 g/mol. The van der Waals surface area contributed by atoms with Crippen molar-refractivity contribution in [1.29, 1.82) is 0 Å². The van der Waals surface area contributed by atoms with Crippen molar-refractivity contribution in [2.24, 2.45) is 0 Å². The molecule has 0 amide bonds. The quantitative estimate of drug-likeness (QED) is 0.343. The maximum absolute atomic E-state index is 11.8. The molecule has 0 aliphatic carbocycles. The van der Waals surface area contributed by atoms with E-state index >= 15 is 0 Å². The molecule has 1 rings (SSSR count). The van der Waals surface area contributed by atoms with Gasteiger partial charge >= 0.3 is 11.9 Å². The van der Waals surface area contributed by atoms with E-state index in [0.717, 1.165) is 56.1 Å². The standard InChI is InChI=1S/C23H36O4/c1-3-5-7-9-10-11-13-15-19-18(14-12-8-6-4-2)16-17-20(22(24)25)21(19)23(26)27/h16-17H,3-15H2,1-2H3,(H,24,25)(H,26,27). The van der Waals surface area contributed by atoms with Gasteiger partial charge in [0.25, 0.3) is 0 Å². The molecule has 0 saturated carbocycles. The SMILES string of the molecule is CCCCCCCCCc1c(CCCCCC)ccc(C(=O)O)c1C(=O)O. The zero-order chi connectivity index (χ0) is 20.1. The van der Waals surface area contributed by atoms with Crippen molar-refractivity contribution < 1.29 is 19.8 Å². The van der Waals surface area contributed by atoms with Gasteiger partial charge in [-0.2, -0.15) is 0 Å². The highest BCUT2D eigenvalue weighted by Crippen LogP contribution is 2.25. The molecule has 152 valence electrons. The van der Waals surface area contributed by atoms with Crippen LogP contribution in [0.2, 0.25) is 0 Å². The molecule has 0 aliphatic heterocycles. The fraction of sp³-hybridized carbons (Fsp3) is 0.652. The lowest BCUT2D eigenvalue weighted by molar-refractivity contribution is 0.0650. The number of aromatic carboxylic acids is 2.